The van der Waals surface area contributed by atoms with Gasteiger partial charge in [0.1, 0.15) is 0 Å². The first-order valence-electron chi connectivity index (χ1n) is 6.72. The monoisotopic (exact) mass is 268 g/mol. The molecule has 1 N–H and O–H groups in total. The Morgan fingerprint density at radius 1 is 1.25 bits per heavy atom. The maximum absolute atomic E-state index is 8.69. The number of hydrogen-bond donors (Lipinski definition) is 1. The van der Waals surface area contributed by atoms with Crippen LogP contribution in [-0.4, -0.2) is 15.1 Å². The fourth-order valence-electron chi connectivity index (χ4n) is 1.91. The van der Waals surface area contributed by atoms with Crippen LogP contribution < -0.4 is 5.32 Å². The Morgan fingerprint density at radius 2 is 1.95 bits per heavy atom. The Bertz CT molecular complexity index is 597. The van der Waals surface area contributed by atoms with Gasteiger partial charge in [-0.2, -0.15) is 5.26 Å². The van der Waals surface area contributed by atoms with E-state index >= 15 is 0 Å². The van der Waals surface area contributed by atoms with Gasteiger partial charge in [0.05, 0.1) is 24.5 Å². The van der Waals surface area contributed by atoms with E-state index in [1.54, 1.807) is 0 Å². The third kappa shape index (κ3) is 3.69. The average Bonchev–Trinajstić information content (AvgIpc) is 2.85. The summed E-state index contributed by atoms with van der Waals surface area (Å²) < 4.78 is 2.06. The average molecular weight is 268 g/mol. The molecular weight excluding hydrogens is 248 g/mol. The molecule has 2 rings (SSSR count). The van der Waals surface area contributed by atoms with Crippen molar-refractivity contribution in [2.24, 2.45) is 0 Å². The number of aromatic nitrogens is 2. The summed E-state index contributed by atoms with van der Waals surface area (Å²) in [6, 6.07) is 10.2. The second-order valence-corrected chi connectivity index (χ2v) is 5.86. The van der Waals surface area contributed by atoms with Crippen molar-refractivity contribution in [2.45, 2.75) is 39.3 Å². The maximum Gasteiger partial charge on any atom is 0.0994 e. The molecule has 20 heavy (non-hydrogen) atoms. The quantitative estimate of drug-likeness (QED) is 0.927. The lowest BCUT2D eigenvalue weighted by molar-refractivity contribution is 0.419. The minimum absolute atomic E-state index is 0.0752. The Balaban J connectivity index is 2.17. The first-order valence-corrected chi connectivity index (χ1v) is 6.72. The highest BCUT2D eigenvalue weighted by atomic mass is 15.1. The molecular formula is C16H20N4. The topological polar surface area (TPSA) is 53.6 Å². The molecule has 0 aliphatic heterocycles. The summed E-state index contributed by atoms with van der Waals surface area (Å²) in [6.07, 6.45) is 4.14. The summed E-state index contributed by atoms with van der Waals surface area (Å²) in [5, 5.41) is 12.2. The van der Waals surface area contributed by atoms with Crippen LogP contribution in [0.2, 0.25) is 0 Å². The number of nitrogens with one attached hydrogen (secondary N) is 1. The van der Waals surface area contributed by atoms with Gasteiger partial charge < -0.3 is 9.88 Å². The van der Waals surface area contributed by atoms with E-state index in [-0.39, 0.29) is 5.54 Å². The molecule has 0 amide bonds. The van der Waals surface area contributed by atoms with Gasteiger partial charge >= 0.3 is 0 Å². The lowest BCUT2D eigenvalue weighted by Crippen LogP contribution is -2.35. The normalized spacial score (nSPS) is 11.3. The molecule has 4 heteroatoms. The lowest BCUT2D eigenvalue weighted by Gasteiger charge is -2.21. The fraction of sp³-hybridized carbons (Fsp3) is 0.375. The van der Waals surface area contributed by atoms with E-state index in [9.17, 15) is 0 Å². The summed E-state index contributed by atoms with van der Waals surface area (Å²) in [5.41, 5.74) is 3.29. The van der Waals surface area contributed by atoms with Gasteiger partial charge in [-0.05, 0) is 38.5 Å². The van der Waals surface area contributed by atoms with Crippen LogP contribution in [0, 0.1) is 11.3 Å². The molecule has 0 spiro atoms. The highest BCUT2D eigenvalue weighted by Crippen LogP contribution is 2.14. The summed E-state index contributed by atoms with van der Waals surface area (Å²) in [6.45, 7) is 7.20. The molecule has 0 saturated carbocycles. The second kappa shape index (κ2) is 5.89. The molecule has 0 radical (unpaired) electrons. The molecule has 0 aliphatic carbocycles. The van der Waals surface area contributed by atoms with E-state index in [4.69, 9.17) is 5.26 Å². The molecule has 0 fully saturated rings. The lowest BCUT2D eigenvalue weighted by atomic mass is 10.1. The highest BCUT2D eigenvalue weighted by Gasteiger charge is 2.11. The summed E-state index contributed by atoms with van der Waals surface area (Å²) in [4.78, 5) is 4.23. The maximum atomic E-state index is 8.69. The SMILES string of the molecule is CC(C)(C)NCc1cncn1-c1ccc(CC#N)cc1. The van der Waals surface area contributed by atoms with E-state index in [1.165, 1.54) is 0 Å². The highest BCUT2D eigenvalue weighted by molar-refractivity contribution is 5.37. The van der Waals surface area contributed by atoms with E-state index in [0.717, 1.165) is 23.5 Å². The minimum Gasteiger partial charge on any atom is -0.306 e. The van der Waals surface area contributed by atoms with Crippen LogP contribution in [0.3, 0.4) is 0 Å². The smallest absolute Gasteiger partial charge is 0.0994 e. The zero-order chi connectivity index (χ0) is 14.6. The molecule has 4 nitrogen and oxygen atoms in total. The van der Waals surface area contributed by atoms with E-state index in [1.807, 2.05) is 36.8 Å². The van der Waals surface area contributed by atoms with Gasteiger partial charge in [0.25, 0.3) is 0 Å². The summed E-state index contributed by atoms with van der Waals surface area (Å²) >= 11 is 0. The molecule has 104 valence electrons. The van der Waals surface area contributed by atoms with Crippen molar-refractivity contribution >= 4 is 0 Å². The number of rotatable bonds is 4. The van der Waals surface area contributed by atoms with Crippen LogP contribution in [0.4, 0.5) is 0 Å². The standard InChI is InChI=1S/C16H20N4/c1-16(2,3)19-11-15-10-18-12-20(15)14-6-4-13(5-7-14)8-9-17/h4-7,10,12,19H,8,11H2,1-3H3. The Morgan fingerprint density at radius 3 is 2.55 bits per heavy atom. The molecule has 1 aromatic carbocycles. The molecule has 0 unspecified atom stereocenters. The van der Waals surface area contributed by atoms with Gasteiger partial charge in [-0.3, -0.25) is 0 Å². The van der Waals surface area contributed by atoms with Crippen LogP contribution >= 0.6 is 0 Å². The third-order valence-electron chi connectivity index (χ3n) is 3.01. The van der Waals surface area contributed by atoms with Crippen LogP contribution in [-0.2, 0) is 13.0 Å². The summed E-state index contributed by atoms with van der Waals surface area (Å²) in [5.74, 6) is 0. The molecule has 0 aliphatic rings. The Hall–Kier alpha value is -2.12. The molecule has 0 saturated heterocycles. The second-order valence-electron chi connectivity index (χ2n) is 5.86. The van der Waals surface area contributed by atoms with Crippen molar-refractivity contribution in [2.75, 3.05) is 0 Å². The Labute approximate surface area is 120 Å². The van der Waals surface area contributed by atoms with Crippen molar-refractivity contribution in [3.8, 4) is 11.8 Å². The van der Waals surface area contributed by atoms with E-state index < -0.39 is 0 Å². The van der Waals surface area contributed by atoms with Crippen molar-refractivity contribution < 1.29 is 0 Å². The summed E-state index contributed by atoms with van der Waals surface area (Å²) in [7, 11) is 0. The van der Waals surface area contributed by atoms with Gasteiger partial charge in [-0.25, -0.2) is 4.98 Å². The molecule has 0 bridgehead atoms. The largest absolute Gasteiger partial charge is 0.306 e. The van der Waals surface area contributed by atoms with E-state index in [2.05, 4.69) is 41.7 Å². The van der Waals surface area contributed by atoms with Gasteiger partial charge in [0.15, 0.2) is 0 Å². The first kappa shape index (κ1) is 14.3. The van der Waals surface area contributed by atoms with Crippen molar-refractivity contribution in [1.82, 2.24) is 14.9 Å². The zero-order valence-corrected chi connectivity index (χ0v) is 12.2. The fourth-order valence-corrected chi connectivity index (χ4v) is 1.91. The van der Waals surface area contributed by atoms with Gasteiger partial charge in [0.2, 0.25) is 0 Å². The molecule has 2 aromatic rings. The van der Waals surface area contributed by atoms with Crippen LogP contribution in [0.15, 0.2) is 36.8 Å². The Kier molecular flexibility index (Phi) is 4.21. The van der Waals surface area contributed by atoms with Gasteiger partial charge in [-0.15, -0.1) is 0 Å². The number of nitrogens with zero attached hydrogens (tertiary/aromatic N) is 3. The number of imidazole rings is 1. The van der Waals surface area contributed by atoms with E-state index in [0.29, 0.717) is 6.42 Å². The van der Waals surface area contributed by atoms with Crippen molar-refractivity contribution in [1.29, 1.82) is 5.26 Å². The van der Waals surface area contributed by atoms with Crippen molar-refractivity contribution in [3.63, 3.8) is 0 Å². The van der Waals surface area contributed by atoms with Crippen molar-refractivity contribution in [3.05, 3.63) is 48.0 Å². The van der Waals surface area contributed by atoms with Gasteiger partial charge in [-0.1, -0.05) is 12.1 Å². The zero-order valence-electron chi connectivity index (χ0n) is 12.2. The first-order chi connectivity index (χ1) is 9.49. The van der Waals surface area contributed by atoms with Crippen LogP contribution in [0.1, 0.15) is 32.0 Å². The van der Waals surface area contributed by atoms with Crippen LogP contribution in [0.5, 0.6) is 0 Å². The predicted molar refractivity (Wildman–Crippen MR) is 79.5 cm³/mol. The number of benzene rings is 1. The van der Waals surface area contributed by atoms with Gasteiger partial charge in [0, 0.05) is 24.0 Å². The number of nitriles is 1. The third-order valence-corrected chi connectivity index (χ3v) is 3.01. The molecule has 0 atom stereocenters. The molecule has 1 heterocycles. The molecule has 1 aromatic heterocycles. The number of hydrogen-bond acceptors (Lipinski definition) is 3. The predicted octanol–water partition coefficient (Wildman–Crippen LogP) is 2.83. The minimum atomic E-state index is 0.0752. The van der Waals surface area contributed by atoms with Crippen LogP contribution in [0.25, 0.3) is 5.69 Å².